The largest absolute Gasteiger partial charge is 0.489 e. The summed E-state index contributed by atoms with van der Waals surface area (Å²) < 4.78 is 23.6. The van der Waals surface area contributed by atoms with E-state index in [1.165, 1.54) is 12.1 Å². The minimum atomic E-state index is -0.853. The lowest BCUT2D eigenvalue weighted by Gasteiger charge is -2.32. The lowest BCUT2D eigenvalue weighted by Crippen LogP contribution is -2.57. The van der Waals surface area contributed by atoms with E-state index in [-0.39, 0.29) is 30.2 Å². The quantitative estimate of drug-likeness (QED) is 0.859. The van der Waals surface area contributed by atoms with Crippen LogP contribution in [-0.4, -0.2) is 37.3 Å². The molecular formula is C15H22ClFN2O3. The summed E-state index contributed by atoms with van der Waals surface area (Å²) in [4.78, 5) is 12.1. The van der Waals surface area contributed by atoms with E-state index >= 15 is 0 Å². The predicted octanol–water partition coefficient (Wildman–Crippen LogP) is 1.64. The van der Waals surface area contributed by atoms with Gasteiger partial charge >= 0.3 is 0 Å². The number of hydrogen-bond acceptors (Lipinski definition) is 4. The van der Waals surface area contributed by atoms with Crippen LogP contribution < -0.4 is 15.8 Å². The minimum absolute atomic E-state index is 0. The maximum Gasteiger partial charge on any atom is 0.240 e. The zero-order valence-corrected chi connectivity index (χ0v) is 13.3. The van der Waals surface area contributed by atoms with Gasteiger partial charge in [0.2, 0.25) is 5.91 Å². The van der Waals surface area contributed by atoms with Crippen molar-refractivity contribution in [3.05, 3.63) is 30.1 Å². The Labute approximate surface area is 135 Å². The van der Waals surface area contributed by atoms with Gasteiger partial charge in [-0.2, -0.15) is 0 Å². The number of halogens is 2. The minimum Gasteiger partial charge on any atom is -0.489 e. The van der Waals surface area contributed by atoms with Crippen LogP contribution in [0.2, 0.25) is 0 Å². The molecule has 0 radical (unpaired) electrons. The Bertz CT molecular complexity index is 478. The fourth-order valence-electron chi connectivity index (χ4n) is 2.16. The van der Waals surface area contributed by atoms with Crippen molar-refractivity contribution in [3.63, 3.8) is 0 Å². The molecule has 0 spiro atoms. The molecule has 1 saturated heterocycles. The third-order valence-electron chi connectivity index (χ3n) is 3.54. The van der Waals surface area contributed by atoms with Crippen LogP contribution in [0.4, 0.5) is 4.39 Å². The third-order valence-corrected chi connectivity index (χ3v) is 3.54. The van der Waals surface area contributed by atoms with Crippen LogP contribution in [0.25, 0.3) is 0 Å². The Morgan fingerprint density at radius 3 is 2.59 bits per heavy atom. The zero-order valence-electron chi connectivity index (χ0n) is 12.5. The van der Waals surface area contributed by atoms with Gasteiger partial charge in [-0.25, -0.2) is 4.39 Å². The molecule has 7 heteroatoms. The highest BCUT2D eigenvalue weighted by molar-refractivity contribution is 5.86. The molecular weight excluding hydrogens is 311 g/mol. The van der Waals surface area contributed by atoms with Gasteiger partial charge in [0.05, 0.1) is 12.1 Å². The van der Waals surface area contributed by atoms with Crippen LogP contribution in [0.15, 0.2) is 24.3 Å². The van der Waals surface area contributed by atoms with E-state index < -0.39 is 5.54 Å². The number of rotatable bonds is 5. The van der Waals surface area contributed by atoms with Crippen molar-refractivity contribution in [2.24, 2.45) is 5.73 Å². The first-order valence-electron chi connectivity index (χ1n) is 7.07. The highest BCUT2D eigenvalue weighted by Crippen LogP contribution is 2.18. The average molecular weight is 333 g/mol. The molecule has 5 nitrogen and oxygen atoms in total. The summed E-state index contributed by atoms with van der Waals surface area (Å²) in [5.74, 6) is 0.0694. The summed E-state index contributed by atoms with van der Waals surface area (Å²) in [7, 11) is 0. The molecule has 0 bridgehead atoms. The Balaban J connectivity index is 0.00000242. The molecule has 1 atom stereocenters. The van der Waals surface area contributed by atoms with Crippen LogP contribution in [0.3, 0.4) is 0 Å². The number of nitrogens with one attached hydrogen (secondary N) is 1. The SMILES string of the molecule is CC(CNC(=O)C1(N)CCOCC1)Oc1ccc(F)cc1.Cl. The molecule has 1 aromatic carbocycles. The zero-order chi connectivity index (χ0) is 15.3. The normalized spacial score (nSPS) is 18.0. The predicted molar refractivity (Wildman–Crippen MR) is 83.7 cm³/mol. The van der Waals surface area contributed by atoms with E-state index in [1.807, 2.05) is 6.92 Å². The van der Waals surface area contributed by atoms with Gasteiger partial charge in [-0.1, -0.05) is 0 Å². The second-order valence-electron chi connectivity index (χ2n) is 5.36. The van der Waals surface area contributed by atoms with Gasteiger partial charge < -0.3 is 20.5 Å². The molecule has 2 rings (SSSR count). The molecule has 3 N–H and O–H groups in total. The van der Waals surface area contributed by atoms with Crippen molar-refractivity contribution in [3.8, 4) is 5.75 Å². The maximum atomic E-state index is 12.8. The summed E-state index contributed by atoms with van der Waals surface area (Å²) in [6.07, 6.45) is 0.806. The summed E-state index contributed by atoms with van der Waals surface area (Å²) in [6.45, 7) is 3.18. The van der Waals surface area contributed by atoms with Gasteiger partial charge in [0, 0.05) is 13.2 Å². The van der Waals surface area contributed by atoms with Gasteiger partial charge in [-0.15, -0.1) is 12.4 Å². The molecule has 1 amide bonds. The van der Waals surface area contributed by atoms with Gasteiger partial charge in [-0.05, 0) is 44.0 Å². The van der Waals surface area contributed by atoms with Crippen LogP contribution in [0, 0.1) is 5.82 Å². The van der Waals surface area contributed by atoms with Crippen molar-refractivity contribution >= 4 is 18.3 Å². The summed E-state index contributed by atoms with van der Waals surface area (Å²) >= 11 is 0. The number of carbonyl (C=O) groups is 1. The summed E-state index contributed by atoms with van der Waals surface area (Å²) in [6, 6.07) is 5.77. The van der Waals surface area contributed by atoms with Gasteiger partial charge in [-0.3, -0.25) is 4.79 Å². The first-order valence-corrected chi connectivity index (χ1v) is 7.07. The van der Waals surface area contributed by atoms with Gasteiger partial charge in [0.25, 0.3) is 0 Å². The molecule has 0 aliphatic carbocycles. The Hall–Kier alpha value is -1.37. The summed E-state index contributed by atoms with van der Waals surface area (Å²) in [5, 5.41) is 2.81. The first-order chi connectivity index (χ1) is 9.99. The van der Waals surface area contributed by atoms with E-state index in [0.29, 0.717) is 38.3 Å². The van der Waals surface area contributed by atoms with Crippen molar-refractivity contribution in [1.29, 1.82) is 0 Å². The Kier molecular flexibility index (Phi) is 7.06. The maximum absolute atomic E-state index is 12.8. The molecule has 0 aromatic heterocycles. The highest BCUT2D eigenvalue weighted by Gasteiger charge is 2.35. The van der Waals surface area contributed by atoms with E-state index in [2.05, 4.69) is 5.32 Å². The fraction of sp³-hybridized carbons (Fsp3) is 0.533. The molecule has 1 aliphatic heterocycles. The number of ether oxygens (including phenoxy) is 2. The van der Waals surface area contributed by atoms with Crippen molar-refractivity contribution in [2.75, 3.05) is 19.8 Å². The van der Waals surface area contributed by atoms with E-state index in [4.69, 9.17) is 15.2 Å². The number of hydrogen-bond donors (Lipinski definition) is 2. The second-order valence-corrected chi connectivity index (χ2v) is 5.36. The highest BCUT2D eigenvalue weighted by atomic mass is 35.5. The Morgan fingerprint density at radius 1 is 1.41 bits per heavy atom. The lowest BCUT2D eigenvalue weighted by molar-refractivity contribution is -0.130. The van der Waals surface area contributed by atoms with Crippen molar-refractivity contribution in [1.82, 2.24) is 5.32 Å². The topological polar surface area (TPSA) is 73.6 Å². The monoisotopic (exact) mass is 332 g/mol. The molecule has 22 heavy (non-hydrogen) atoms. The first kappa shape index (κ1) is 18.7. The molecule has 0 saturated carbocycles. The molecule has 124 valence electrons. The van der Waals surface area contributed by atoms with Gasteiger partial charge in [0.15, 0.2) is 0 Å². The van der Waals surface area contributed by atoms with E-state index in [0.717, 1.165) is 0 Å². The van der Waals surface area contributed by atoms with Crippen molar-refractivity contribution in [2.45, 2.75) is 31.4 Å². The summed E-state index contributed by atoms with van der Waals surface area (Å²) in [5.41, 5.74) is 5.23. The molecule has 1 aliphatic rings. The second kappa shape index (κ2) is 8.31. The van der Waals surface area contributed by atoms with Crippen LogP contribution in [0.1, 0.15) is 19.8 Å². The van der Waals surface area contributed by atoms with Gasteiger partial charge in [0.1, 0.15) is 17.7 Å². The molecule has 1 fully saturated rings. The number of benzene rings is 1. The van der Waals surface area contributed by atoms with E-state index in [9.17, 15) is 9.18 Å². The van der Waals surface area contributed by atoms with Crippen LogP contribution in [0.5, 0.6) is 5.75 Å². The number of amides is 1. The van der Waals surface area contributed by atoms with Crippen molar-refractivity contribution < 1.29 is 18.7 Å². The Morgan fingerprint density at radius 2 is 2.00 bits per heavy atom. The fourth-order valence-corrected chi connectivity index (χ4v) is 2.16. The van der Waals surface area contributed by atoms with E-state index in [1.54, 1.807) is 12.1 Å². The number of carbonyl (C=O) groups excluding carboxylic acids is 1. The average Bonchev–Trinajstić information content (AvgIpc) is 2.48. The number of nitrogens with two attached hydrogens (primary N) is 1. The third kappa shape index (κ3) is 5.12. The van der Waals surface area contributed by atoms with Crippen LogP contribution in [-0.2, 0) is 9.53 Å². The van der Waals surface area contributed by atoms with Crippen LogP contribution >= 0.6 is 12.4 Å². The molecule has 1 heterocycles. The molecule has 1 unspecified atom stereocenters. The lowest BCUT2D eigenvalue weighted by atomic mass is 9.90. The smallest absolute Gasteiger partial charge is 0.240 e. The standard InChI is InChI=1S/C15H21FN2O3.ClH/c1-11(21-13-4-2-12(16)3-5-13)10-18-14(19)15(17)6-8-20-9-7-15;/h2-5,11H,6-10,17H2,1H3,(H,18,19);1H. The molecule has 1 aromatic rings.